The van der Waals surface area contributed by atoms with Crippen molar-refractivity contribution < 1.29 is 24.2 Å². The van der Waals surface area contributed by atoms with Gasteiger partial charge in [-0.05, 0) is 36.6 Å². The molecule has 1 heterocycles. The number of oxime groups is 1. The summed E-state index contributed by atoms with van der Waals surface area (Å²) in [4.78, 5) is 8.67. The molecule has 0 bridgehead atoms. The van der Waals surface area contributed by atoms with Crippen LogP contribution in [0, 0.1) is 0 Å². The Morgan fingerprint density at radius 1 is 0.968 bits per heavy atom. The lowest BCUT2D eigenvalue weighted by Gasteiger charge is -2.15. The smallest absolute Gasteiger partial charge is 0.239 e. The fraction of sp³-hybridized carbons (Fsp3) is 0.227. The van der Waals surface area contributed by atoms with Crippen LogP contribution >= 0.6 is 0 Å². The van der Waals surface area contributed by atoms with Crippen molar-refractivity contribution in [2.45, 2.75) is 12.8 Å². The first-order valence-corrected chi connectivity index (χ1v) is 9.56. The number of benzene rings is 2. The molecule has 9 nitrogen and oxygen atoms in total. The number of nitrogens with zero attached hydrogens (tertiary/aromatic N) is 3. The average Bonchev–Trinajstić information content (AvgIpc) is 3.21. The van der Waals surface area contributed by atoms with Gasteiger partial charge in [-0.25, -0.2) is 0 Å². The number of aryl methyl sites for hydroxylation is 1. The molecular weight excluding hydrogens is 400 g/mol. The van der Waals surface area contributed by atoms with Gasteiger partial charge in [0.1, 0.15) is 5.75 Å². The van der Waals surface area contributed by atoms with E-state index in [1.165, 1.54) is 6.20 Å². The molecular formula is C22H22N4O5. The summed E-state index contributed by atoms with van der Waals surface area (Å²) in [7, 11) is 4.67. The summed E-state index contributed by atoms with van der Waals surface area (Å²) in [5.74, 6) is 3.01. The van der Waals surface area contributed by atoms with E-state index in [1.807, 2.05) is 18.2 Å². The number of anilines is 2. The molecule has 0 spiro atoms. The summed E-state index contributed by atoms with van der Waals surface area (Å²) in [6, 6.07) is 9.18. The van der Waals surface area contributed by atoms with E-state index in [0.717, 1.165) is 17.5 Å². The molecule has 0 aliphatic heterocycles. The number of hydrogen-bond donors (Lipinski definition) is 2. The number of aromatic nitrogens is 2. The molecule has 2 aromatic carbocycles. The second-order valence-corrected chi connectivity index (χ2v) is 6.75. The lowest BCUT2D eigenvalue weighted by atomic mass is 10.1. The average molecular weight is 422 g/mol. The summed E-state index contributed by atoms with van der Waals surface area (Å²) in [6.07, 6.45) is 4.64. The van der Waals surface area contributed by atoms with Crippen LogP contribution in [-0.4, -0.2) is 42.2 Å². The predicted molar refractivity (Wildman–Crippen MR) is 115 cm³/mol. The second kappa shape index (κ2) is 8.78. The Morgan fingerprint density at radius 2 is 1.74 bits per heavy atom. The highest BCUT2D eigenvalue weighted by Gasteiger charge is 2.19. The quantitative estimate of drug-likeness (QED) is 0.432. The van der Waals surface area contributed by atoms with Crippen molar-refractivity contribution in [3.63, 3.8) is 0 Å². The molecule has 0 unspecified atom stereocenters. The van der Waals surface area contributed by atoms with Gasteiger partial charge in [-0.1, -0.05) is 5.16 Å². The molecule has 0 fully saturated rings. The second-order valence-electron chi connectivity index (χ2n) is 6.75. The third kappa shape index (κ3) is 4.16. The van der Waals surface area contributed by atoms with Gasteiger partial charge in [0.05, 0.1) is 39.4 Å². The van der Waals surface area contributed by atoms with Gasteiger partial charge in [0.25, 0.3) is 0 Å². The van der Waals surface area contributed by atoms with Crippen LogP contribution in [0.4, 0.5) is 11.5 Å². The van der Waals surface area contributed by atoms with Crippen LogP contribution in [0.15, 0.2) is 47.9 Å². The van der Waals surface area contributed by atoms with Crippen molar-refractivity contribution in [3.8, 4) is 28.9 Å². The number of hydrogen-bond acceptors (Lipinski definition) is 9. The number of methoxy groups -OCH3 is 3. The molecule has 0 saturated carbocycles. The SMILES string of the molecule is COc1cc(Nc2cncc(Oc3ccc4c(c3)CC/C4=N\O)n2)cc(OC)c1OC. The van der Waals surface area contributed by atoms with Gasteiger partial charge in [0.2, 0.25) is 11.6 Å². The lowest BCUT2D eigenvalue weighted by molar-refractivity contribution is 0.318. The van der Waals surface area contributed by atoms with Gasteiger partial charge < -0.3 is 29.5 Å². The molecule has 31 heavy (non-hydrogen) atoms. The van der Waals surface area contributed by atoms with Crippen molar-refractivity contribution in [1.82, 2.24) is 9.97 Å². The molecule has 9 heteroatoms. The van der Waals surface area contributed by atoms with Gasteiger partial charge >= 0.3 is 0 Å². The minimum Gasteiger partial charge on any atom is -0.493 e. The fourth-order valence-corrected chi connectivity index (χ4v) is 3.49. The monoisotopic (exact) mass is 422 g/mol. The molecule has 0 atom stereocenters. The third-order valence-electron chi connectivity index (χ3n) is 4.91. The molecule has 1 aromatic heterocycles. The molecule has 3 aromatic rings. The molecule has 4 rings (SSSR count). The minimum absolute atomic E-state index is 0.339. The standard InChI is InChI=1S/C22H22N4O5/c1-28-18-9-14(10-19(29-2)22(18)30-3)24-20-11-23-12-21(25-20)31-15-5-6-16-13(8-15)4-7-17(16)26-27/h5-6,8-12,27H,4,7H2,1-3H3,(H,24,25)/b26-17+. The largest absolute Gasteiger partial charge is 0.493 e. The van der Waals surface area contributed by atoms with Gasteiger partial charge in [0, 0.05) is 23.4 Å². The summed E-state index contributed by atoms with van der Waals surface area (Å²) in [5, 5.41) is 15.6. The zero-order valence-electron chi connectivity index (χ0n) is 17.4. The maximum absolute atomic E-state index is 9.07. The van der Waals surface area contributed by atoms with E-state index in [9.17, 15) is 0 Å². The van der Waals surface area contributed by atoms with E-state index < -0.39 is 0 Å². The zero-order valence-corrected chi connectivity index (χ0v) is 17.4. The van der Waals surface area contributed by atoms with Crippen molar-refractivity contribution in [3.05, 3.63) is 53.9 Å². The summed E-state index contributed by atoms with van der Waals surface area (Å²) in [5.41, 5.74) is 3.40. The van der Waals surface area contributed by atoms with E-state index in [1.54, 1.807) is 39.7 Å². The molecule has 160 valence electrons. The lowest BCUT2D eigenvalue weighted by Crippen LogP contribution is -2.00. The van der Waals surface area contributed by atoms with Crippen LogP contribution in [0.2, 0.25) is 0 Å². The first kappa shape index (κ1) is 20.3. The van der Waals surface area contributed by atoms with Crippen LogP contribution in [0.1, 0.15) is 17.5 Å². The normalized spacial score (nSPS) is 13.6. The van der Waals surface area contributed by atoms with Gasteiger partial charge in [-0.2, -0.15) is 4.98 Å². The Bertz CT molecular complexity index is 1110. The Labute approximate surface area is 179 Å². The zero-order chi connectivity index (χ0) is 21.8. The van der Waals surface area contributed by atoms with Crippen molar-refractivity contribution >= 4 is 17.2 Å². The Balaban J connectivity index is 1.54. The van der Waals surface area contributed by atoms with E-state index in [4.69, 9.17) is 24.2 Å². The van der Waals surface area contributed by atoms with Crippen LogP contribution in [0.5, 0.6) is 28.9 Å². The fourth-order valence-electron chi connectivity index (χ4n) is 3.49. The number of fused-ring (bicyclic) bond motifs is 1. The predicted octanol–water partition coefficient (Wildman–Crippen LogP) is 4.16. The molecule has 0 amide bonds. The number of rotatable bonds is 7. The van der Waals surface area contributed by atoms with Crippen LogP contribution in [-0.2, 0) is 6.42 Å². The van der Waals surface area contributed by atoms with Crippen molar-refractivity contribution in [2.24, 2.45) is 5.16 Å². The molecule has 0 radical (unpaired) electrons. The molecule has 0 saturated heterocycles. The number of ether oxygens (including phenoxy) is 4. The molecule has 1 aliphatic rings. The minimum atomic E-state index is 0.339. The third-order valence-corrected chi connectivity index (χ3v) is 4.91. The summed E-state index contributed by atoms with van der Waals surface area (Å²) < 4.78 is 22.0. The Kier molecular flexibility index (Phi) is 5.74. The van der Waals surface area contributed by atoms with E-state index in [-0.39, 0.29) is 0 Å². The van der Waals surface area contributed by atoms with Gasteiger partial charge in [-0.15, -0.1) is 0 Å². The van der Waals surface area contributed by atoms with Crippen molar-refractivity contribution in [2.75, 3.05) is 26.6 Å². The maximum Gasteiger partial charge on any atom is 0.239 e. The molecule has 1 aliphatic carbocycles. The number of nitrogens with one attached hydrogen (secondary N) is 1. The maximum atomic E-state index is 9.07. The van der Waals surface area contributed by atoms with E-state index >= 15 is 0 Å². The highest BCUT2D eigenvalue weighted by atomic mass is 16.5. The molecule has 2 N–H and O–H groups in total. The first-order valence-electron chi connectivity index (χ1n) is 9.56. The highest BCUT2D eigenvalue weighted by Crippen LogP contribution is 2.40. The van der Waals surface area contributed by atoms with E-state index in [0.29, 0.717) is 52.5 Å². The van der Waals surface area contributed by atoms with Gasteiger partial charge in [-0.3, -0.25) is 4.98 Å². The summed E-state index contributed by atoms with van der Waals surface area (Å²) in [6.45, 7) is 0. The van der Waals surface area contributed by atoms with E-state index in [2.05, 4.69) is 20.4 Å². The van der Waals surface area contributed by atoms with Crippen LogP contribution in [0.3, 0.4) is 0 Å². The van der Waals surface area contributed by atoms with Crippen molar-refractivity contribution in [1.29, 1.82) is 0 Å². The summed E-state index contributed by atoms with van der Waals surface area (Å²) >= 11 is 0. The van der Waals surface area contributed by atoms with Gasteiger partial charge in [0.15, 0.2) is 17.3 Å². The Morgan fingerprint density at radius 3 is 2.42 bits per heavy atom. The van der Waals surface area contributed by atoms with Crippen LogP contribution < -0.4 is 24.3 Å². The van der Waals surface area contributed by atoms with Crippen LogP contribution in [0.25, 0.3) is 0 Å². The Hall–Kier alpha value is -4.01. The highest BCUT2D eigenvalue weighted by molar-refractivity contribution is 6.04. The first-order chi connectivity index (χ1) is 15.1. The topological polar surface area (TPSA) is 107 Å².